The van der Waals surface area contributed by atoms with Crippen LogP contribution in [0.1, 0.15) is 48.5 Å². The maximum atomic E-state index is 13.0. The van der Waals surface area contributed by atoms with E-state index >= 15 is 0 Å². The highest BCUT2D eigenvalue weighted by Crippen LogP contribution is 2.31. The quantitative estimate of drug-likeness (QED) is 0.844. The van der Waals surface area contributed by atoms with E-state index < -0.39 is 0 Å². The number of piperidine rings is 1. The molecule has 1 amide bonds. The molecule has 5 heteroatoms. The molecular formula is C17H21N3OS. The molecule has 2 aromatic heterocycles. The molecule has 3 rings (SSSR count). The molecule has 2 aromatic rings. The van der Waals surface area contributed by atoms with Crippen molar-refractivity contribution in [1.82, 2.24) is 14.9 Å². The smallest absolute Gasteiger partial charge is 0.266 e. The molecule has 0 spiro atoms. The van der Waals surface area contributed by atoms with Gasteiger partial charge in [-0.3, -0.25) is 9.78 Å². The summed E-state index contributed by atoms with van der Waals surface area (Å²) in [6, 6.07) is 6.35. The highest BCUT2D eigenvalue weighted by Gasteiger charge is 2.31. The van der Waals surface area contributed by atoms with E-state index in [1.165, 1.54) is 17.8 Å². The van der Waals surface area contributed by atoms with Gasteiger partial charge >= 0.3 is 0 Å². The van der Waals surface area contributed by atoms with Gasteiger partial charge in [0, 0.05) is 18.3 Å². The van der Waals surface area contributed by atoms with E-state index in [1.54, 1.807) is 6.20 Å². The molecule has 4 nitrogen and oxygen atoms in total. The number of thiazole rings is 1. The Kier molecular flexibility index (Phi) is 4.25. The summed E-state index contributed by atoms with van der Waals surface area (Å²) in [5.41, 5.74) is 1.63. The van der Waals surface area contributed by atoms with E-state index in [1.807, 2.05) is 30.0 Å². The average Bonchev–Trinajstić information content (AvgIpc) is 2.90. The molecule has 0 N–H and O–H groups in total. The van der Waals surface area contributed by atoms with E-state index in [0.717, 1.165) is 34.1 Å². The summed E-state index contributed by atoms with van der Waals surface area (Å²) in [4.78, 5) is 24.6. The zero-order valence-electron chi connectivity index (χ0n) is 13.2. The summed E-state index contributed by atoms with van der Waals surface area (Å²) in [6.07, 6.45) is 5.12. The number of hydrogen-bond acceptors (Lipinski definition) is 4. The number of aryl methyl sites for hydroxylation is 1. The SMILES string of the molecule is Cc1nc(-c2ccccn2)sc1C(=O)N1[C@H](C)CCC[C@H]1C. The Morgan fingerprint density at radius 2 is 2.00 bits per heavy atom. The second-order valence-electron chi connectivity index (χ2n) is 5.99. The van der Waals surface area contributed by atoms with Gasteiger partial charge in [-0.2, -0.15) is 0 Å². The minimum atomic E-state index is 0.122. The minimum Gasteiger partial charge on any atom is -0.332 e. The van der Waals surface area contributed by atoms with Crippen LogP contribution in [-0.4, -0.2) is 32.9 Å². The van der Waals surface area contributed by atoms with Crippen molar-refractivity contribution < 1.29 is 4.79 Å². The summed E-state index contributed by atoms with van der Waals surface area (Å²) in [7, 11) is 0. The number of amides is 1. The monoisotopic (exact) mass is 315 g/mol. The van der Waals surface area contributed by atoms with Crippen LogP contribution < -0.4 is 0 Å². The van der Waals surface area contributed by atoms with Gasteiger partial charge in [0.05, 0.1) is 11.4 Å². The molecule has 1 aliphatic rings. The number of carbonyl (C=O) groups is 1. The Balaban J connectivity index is 1.92. The van der Waals surface area contributed by atoms with E-state index in [0.29, 0.717) is 12.1 Å². The minimum absolute atomic E-state index is 0.122. The lowest BCUT2D eigenvalue weighted by Gasteiger charge is -2.38. The summed E-state index contributed by atoms with van der Waals surface area (Å²) in [6.45, 7) is 6.20. The van der Waals surface area contributed by atoms with Gasteiger partial charge in [0.25, 0.3) is 5.91 Å². The Bertz CT molecular complexity index is 658. The molecule has 1 saturated heterocycles. The summed E-state index contributed by atoms with van der Waals surface area (Å²) < 4.78 is 0. The van der Waals surface area contributed by atoms with Crippen molar-refractivity contribution in [2.45, 2.75) is 52.1 Å². The lowest BCUT2D eigenvalue weighted by atomic mass is 9.97. The zero-order valence-corrected chi connectivity index (χ0v) is 14.1. The van der Waals surface area contributed by atoms with Crippen molar-refractivity contribution >= 4 is 17.2 Å². The number of likely N-dealkylation sites (tertiary alicyclic amines) is 1. The maximum Gasteiger partial charge on any atom is 0.266 e. The fourth-order valence-electron chi connectivity index (χ4n) is 3.13. The van der Waals surface area contributed by atoms with Gasteiger partial charge in [-0.1, -0.05) is 6.07 Å². The van der Waals surface area contributed by atoms with Gasteiger partial charge in [0.2, 0.25) is 0 Å². The van der Waals surface area contributed by atoms with Crippen LogP contribution >= 0.6 is 11.3 Å². The van der Waals surface area contributed by atoms with Crippen molar-refractivity contribution in [2.24, 2.45) is 0 Å². The van der Waals surface area contributed by atoms with Gasteiger partial charge in [0.15, 0.2) is 0 Å². The predicted octanol–water partition coefficient (Wildman–Crippen LogP) is 3.92. The van der Waals surface area contributed by atoms with Crippen LogP contribution in [0.25, 0.3) is 10.7 Å². The van der Waals surface area contributed by atoms with Crippen molar-refractivity contribution in [2.75, 3.05) is 0 Å². The zero-order chi connectivity index (χ0) is 15.7. The predicted molar refractivity (Wildman–Crippen MR) is 89.0 cm³/mol. The van der Waals surface area contributed by atoms with Gasteiger partial charge < -0.3 is 4.90 Å². The number of rotatable bonds is 2. The lowest BCUT2D eigenvalue weighted by Crippen LogP contribution is -2.47. The first-order chi connectivity index (χ1) is 10.6. The topological polar surface area (TPSA) is 46.1 Å². The van der Waals surface area contributed by atoms with Crippen molar-refractivity contribution in [3.05, 3.63) is 35.0 Å². The molecule has 116 valence electrons. The number of nitrogens with zero attached hydrogens (tertiary/aromatic N) is 3. The Morgan fingerprint density at radius 3 is 2.64 bits per heavy atom. The van der Waals surface area contributed by atoms with Crippen LogP contribution in [0.3, 0.4) is 0 Å². The van der Waals surface area contributed by atoms with Crippen LogP contribution in [0.4, 0.5) is 0 Å². The second kappa shape index (κ2) is 6.16. The molecule has 0 bridgehead atoms. The van der Waals surface area contributed by atoms with E-state index in [4.69, 9.17) is 0 Å². The average molecular weight is 315 g/mol. The maximum absolute atomic E-state index is 13.0. The highest BCUT2D eigenvalue weighted by molar-refractivity contribution is 7.17. The van der Waals surface area contributed by atoms with Crippen molar-refractivity contribution in [3.8, 4) is 10.7 Å². The molecule has 3 heterocycles. The third-order valence-corrected chi connectivity index (χ3v) is 5.47. The Labute approximate surface area is 135 Å². The first-order valence-electron chi connectivity index (χ1n) is 7.79. The third kappa shape index (κ3) is 2.77. The van der Waals surface area contributed by atoms with Gasteiger partial charge in [0.1, 0.15) is 9.88 Å². The summed E-state index contributed by atoms with van der Waals surface area (Å²) in [5.74, 6) is 0.122. The third-order valence-electron chi connectivity index (χ3n) is 4.30. The standard InChI is InChI=1S/C17H21N3OS/c1-11-7-6-8-12(2)20(11)17(21)15-13(3)19-16(22-15)14-9-4-5-10-18-14/h4-5,9-12H,6-8H2,1-3H3/t11-,12-/m1/s1. The van der Waals surface area contributed by atoms with Gasteiger partial charge in [-0.05, 0) is 52.2 Å². The normalized spacial score (nSPS) is 21.9. The molecule has 0 unspecified atom stereocenters. The van der Waals surface area contributed by atoms with Crippen molar-refractivity contribution in [3.63, 3.8) is 0 Å². The van der Waals surface area contributed by atoms with E-state index in [2.05, 4.69) is 23.8 Å². The molecule has 0 aliphatic carbocycles. The molecule has 1 aliphatic heterocycles. The number of pyridine rings is 1. The Hall–Kier alpha value is -1.75. The lowest BCUT2D eigenvalue weighted by molar-refractivity contribution is 0.0515. The van der Waals surface area contributed by atoms with Crippen molar-refractivity contribution in [1.29, 1.82) is 0 Å². The number of hydrogen-bond donors (Lipinski definition) is 0. The van der Waals surface area contributed by atoms with E-state index in [9.17, 15) is 4.79 Å². The van der Waals surface area contributed by atoms with Gasteiger partial charge in [-0.15, -0.1) is 11.3 Å². The van der Waals surface area contributed by atoms with Crippen LogP contribution in [0.5, 0.6) is 0 Å². The Morgan fingerprint density at radius 1 is 1.27 bits per heavy atom. The molecule has 0 radical (unpaired) electrons. The highest BCUT2D eigenvalue weighted by atomic mass is 32.1. The number of carbonyl (C=O) groups excluding carboxylic acids is 1. The first-order valence-corrected chi connectivity index (χ1v) is 8.61. The molecule has 1 fully saturated rings. The second-order valence-corrected chi connectivity index (χ2v) is 6.99. The van der Waals surface area contributed by atoms with Crippen LogP contribution in [-0.2, 0) is 0 Å². The van der Waals surface area contributed by atoms with Crippen LogP contribution in [0.2, 0.25) is 0 Å². The first kappa shape index (κ1) is 15.2. The van der Waals surface area contributed by atoms with Crippen LogP contribution in [0.15, 0.2) is 24.4 Å². The fraction of sp³-hybridized carbons (Fsp3) is 0.471. The number of aromatic nitrogens is 2. The molecule has 0 aromatic carbocycles. The van der Waals surface area contributed by atoms with E-state index in [-0.39, 0.29) is 5.91 Å². The fourth-order valence-corrected chi connectivity index (χ4v) is 4.12. The summed E-state index contributed by atoms with van der Waals surface area (Å²) in [5, 5.41) is 0.818. The van der Waals surface area contributed by atoms with Gasteiger partial charge in [-0.25, -0.2) is 4.98 Å². The molecule has 2 atom stereocenters. The largest absolute Gasteiger partial charge is 0.332 e. The molecule has 22 heavy (non-hydrogen) atoms. The molecule has 0 saturated carbocycles. The molecular weight excluding hydrogens is 294 g/mol. The van der Waals surface area contributed by atoms with Crippen LogP contribution in [0, 0.1) is 6.92 Å². The summed E-state index contributed by atoms with van der Waals surface area (Å²) >= 11 is 1.45.